The molecule has 0 unspecified atom stereocenters. The van der Waals surface area contributed by atoms with Crippen LogP contribution in [0.5, 0.6) is 0 Å². The molecular formula is C19H25N5O2S. The Kier molecular flexibility index (Phi) is 3.68. The molecule has 144 valence electrons. The second-order valence-electron chi connectivity index (χ2n) is 8.26. The maximum Gasteiger partial charge on any atom is 0.217 e. The number of nitrogens with one attached hydrogen (secondary N) is 2. The summed E-state index contributed by atoms with van der Waals surface area (Å²) in [5.74, 6) is 1.59. The van der Waals surface area contributed by atoms with Crippen molar-refractivity contribution in [2.45, 2.75) is 62.7 Å². The van der Waals surface area contributed by atoms with Gasteiger partial charge in [0.2, 0.25) is 10.0 Å². The number of imidazole rings is 1. The van der Waals surface area contributed by atoms with E-state index < -0.39 is 14.8 Å². The Hall–Kier alpha value is -1.93. The van der Waals surface area contributed by atoms with E-state index in [0.29, 0.717) is 12.3 Å². The van der Waals surface area contributed by atoms with E-state index in [1.807, 2.05) is 31.6 Å². The molecule has 0 spiro atoms. The van der Waals surface area contributed by atoms with Gasteiger partial charge in [0.25, 0.3) is 0 Å². The standard InChI is InChI=1S/C19H25N5O2S/c1-3-19(5-6-19)27(25,26)23-13-8-12(2)15(9-13)18-22-11-14-10-21-17-16(24(14)18)4-7-20-17/h4,7,10-13,15,20,23H,3,5-6,8-9H2,1-2H3/t12-,13+,15+/m1/s1. The minimum Gasteiger partial charge on any atom is -0.345 e. The van der Waals surface area contributed by atoms with Gasteiger partial charge in [-0.25, -0.2) is 23.1 Å². The van der Waals surface area contributed by atoms with Gasteiger partial charge in [0.1, 0.15) is 5.82 Å². The first kappa shape index (κ1) is 17.2. The summed E-state index contributed by atoms with van der Waals surface area (Å²) in [5, 5.41) is 0. The number of aromatic nitrogens is 4. The molecule has 27 heavy (non-hydrogen) atoms. The number of fused-ring (bicyclic) bond motifs is 3. The third-order valence-corrected chi connectivity index (χ3v) is 9.12. The van der Waals surface area contributed by atoms with Crippen LogP contribution in [0.4, 0.5) is 0 Å². The van der Waals surface area contributed by atoms with E-state index in [-0.39, 0.29) is 12.0 Å². The van der Waals surface area contributed by atoms with Gasteiger partial charge >= 0.3 is 0 Å². The average molecular weight is 388 g/mol. The fourth-order valence-electron chi connectivity index (χ4n) is 4.76. The van der Waals surface area contributed by atoms with Gasteiger partial charge in [0.05, 0.1) is 28.2 Å². The SMILES string of the molecule is CCC1(S(=O)(=O)N[C@H]2C[C@@H](C)[C@@H](c3ncc4cnc5[nH]ccc5n34)C2)CC1. The fraction of sp³-hybridized carbons (Fsp3) is 0.579. The summed E-state index contributed by atoms with van der Waals surface area (Å²) in [6.45, 7) is 4.17. The van der Waals surface area contributed by atoms with Gasteiger partial charge < -0.3 is 4.98 Å². The predicted molar refractivity (Wildman–Crippen MR) is 104 cm³/mol. The van der Waals surface area contributed by atoms with Crippen molar-refractivity contribution in [1.82, 2.24) is 24.1 Å². The second-order valence-corrected chi connectivity index (χ2v) is 10.4. The summed E-state index contributed by atoms with van der Waals surface area (Å²) in [5.41, 5.74) is 2.82. The van der Waals surface area contributed by atoms with Gasteiger partial charge in [-0.1, -0.05) is 13.8 Å². The molecule has 0 saturated heterocycles. The number of aromatic amines is 1. The molecular weight excluding hydrogens is 362 g/mol. The first-order valence-electron chi connectivity index (χ1n) is 9.75. The van der Waals surface area contributed by atoms with Crippen molar-refractivity contribution >= 4 is 26.7 Å². The molecule has 2 saturated carbocycles. The fourth-order valence-corrected chi connectivity index (χ4v) is 6.66. The van der Waals surface area contributed by atoms with Crippen LogP contribution in [0.2, 0.25) is 0 Å². The zero-order valence-corrected chi connectivity index (χ0v) is 16.5. The molecule has 3 atom stereocenters. The highest BCUT2D eigenvalue weighted by Crippen LogP contribution is 2.47. The van der Waals surface area contributed by atoms with Gasteiger partial charge in [0, 0.05) is 18.2 Å². The third kappa shape index (κ3) is 2.53. The topological polar surface area (TPSA) is 92.2 Å². The van der Waals surface area contributed by atoms with E-state index >= 15 is 0 Å². The quantitative estimate of drug-likeness (QED) is 0.704. The van der Waals surface area contributed by atoms with Crippen LogP contribution in [0.1, 0.15) is 57.7 Å². The summed E-state index contributed by atoms with van der Waals surface area (Å²) in [6, 6.07) is 1.99. The Bertz CT molecular complexity index is 1110. The Morgan fingerprint density at radius 2 is 2.07 bits per heavy atom. The van der Waals surface area contributed by atoms with Crippen molar-refractivity contribution in [3.05, 3.63) is 30.5 Å². The normalized spacial score (nSPS) is 27.6. The van der Waals surface area contributed by atoms with Crippen molar-refractivity contribution in [3.8, 4) is 0 Å². The van der Waals surface area contributed by atoms with Gasteiger partial charge in [0.15, 0.2) is 5.65 Å². The summed E-state index contributed by atoms with van der Waals surface area (Å²) < 4.78 is 30.3. The van der Waals surface area contributed by atoms with Crippen molar-refractivity contribution in [2.75, 3.05) is 0 Å². The Labute approximate surface area is 158 Å². The number of sulfonamides is 1. The molecule has 3 heterocycles. The molecule has 0 amide bonds. The summed E-state index contributed by atoms with van der Waals surface area (Å²) in [6.07, 6.45) is 9.46. The van der Waals surface area contributed by atoms with E-state index in [4.69, 9.17) is 4.98 Å². The van der Waals surface area contributed by atoms with Crippen LogP contribution in [0, 0.1) is 5.92 Å². The van der Waals surface area contributed by atoms with Crippen molar-refractivity contribution in [2.24, 2.45) is 5.92 Å². The zero-order valence-electron chi connectivity index (χ0n) is 15.6. The van der Waals surface area contributed by atoms with Gasteiger partial charge in [-0.3, -0.25) is 4.40 Å². The lowest BCUT2D eigenvalue weighted by molar-refractivity contribution is 0.506. The number of H-pyrrole nitrogens is 1. The van der Waals surface area contributed by atoms with E-state index in [2.05, 4.69) is 26.0 Å². The van der Waals surface area contributed by atoms with Crippen LogP contribution in [0.3, 0.4) is 0 Å². The third-order valence-electron chi connectivity index (χ3n) is 6.64. The minimum absolute atomic E-state index is 0.0186. The molecule has 8 heteroatoms. The molecule has 0 aromatic carbocycles. The van der Waals surface area contributed by atoms with Crippen LogP contribution in [-0.2, 0) is 10.0 Å². The van der Waals surface area contributed by atoms with Crippen LogP contribution in [-0.4, -0.2) is 38.6 Å². The Balaban J connectivity index is 1.45. The Morgan fingerprint density at radius 1 is 1.30 bits per heavy atom. The van der Waals surface area contributed by atoms with Gasteiger partial charge in [-0.15, -0.1) is 0 Å². The highest BCUT2D eigenvalue weighted by molar-refractivity contribution is 7.91. The first-order chi connectivity index (χ1) is 12.9. The molecule has 5 rings (SSSR count). The van der Waals surface area contributed by atoms with Crippen LogP contribution in [0.15, 0.2) is 24.7 Å². The average Bonchev–Trinajstić information content (AvgIpc) is 2.95. The van der Waals surface area contributed by atoms with Crippen molar-refractivity contribution in [3.63, 3.8) is 0 Å². The number of hydrogen-bond donors (Lipinski definition) is 2. The molecule has 0 aliphatic heterocycles. The van der Waals surface area contributed by atoms with E-state index in [1.54, 1.807) is 0 Å². The summed E-state index contributed by atoms with van der Waals surface area (Å²) >= 11 is 0. The highest BCUT2D eigenvalue weighted by atomic mass is 32.2. The van der Waals surface area contributed by atoms with E-state index in [1.165, 1.54) is 0 Å². The molecule has 2 aliphatic rings. The smallest absolute Gasteiger partial charge is 0.217 e. The molecule has 2 aliphatic carbocycles. The van der Waals surface area contributed by atoms with Crippen LogP contribution in [0.25, 0.3) is 16.7 Å². The Morgan fingerprint density at radius 3 is 2.81 bits per heavy atom. The zero-order chi connectivity index (χ0) is 18.8. The minimum atomic E-state index is -3.26. The maximum atomic E-state index is 12.8. The van der Waals surface area contributed by atoms with Crippen molar-refractivity contribution < 1.29 is 8.42 Å². The highest BCUT2D eigenvalue weighted by Gasteiger charge is 2.54. The lowest BCUT2D eigenvalue weighted by Crippen LogP contribution is -2.41. The number of nitrogens with zero attached hydrogens (tertiary/aromatic N) is 3. The maximum absolute atomic E-state index is 12.8. The molecule has 7 nitrogen and oxygen atoms in total. The molecule has 2 fully saturated rings. The van der Waals surface area contributed by atoms with E-state index in [9.17, 15) is 8.42 Å². The molecule has 2 N–H and O–H groups in total. The second kappa shape index (κ2) is 5.78. The van der Waals surface area contributed by atoms with Crippen LogP contribution < -0.4 is 4.72 Å². The summed E-state index contributed by atoms with van der Waals surface area (Å²) in [7, 11) is -3.26. The van der Waals surface area contributed by atoms with Crippen molar-refractivity contribution in [1.29, 1.82) is 0 Å². The number of hydrogen-bond acceptors (Lipinski definition) is 4. The molecule has 0 radical (unpaired) electrons. The lowest BCUT2D eigenvalue weighted by Gasteiger charge is -2.19. The van der Waals surface area contributed by atoms with Gasteiger partial charge in [-0.05, 0) is 44.1 Å². The van der Waals surface area contributed by atoms with E-state index in [0.717, 1.165) is 48.2 Å². The van der Waals surface area contributed by atoms with Gasteiger partial charge in [-0.2, -0.15) is 0 Å². The molecule has 3 aromatic rings. The number of rotatable bonds is 5. The predicted octanol–water partition coefficient (Wildman–Crippen LogP) is 2.95. The monoisotopic (exact) mass is 387 g/mol. The molecule has 0 bridgehead atoms. The summed E-state index contributed by atoms with van der Waals surface area (Å²) in [4.78, 5) is 12.3. The largest absolute Gasteiger partial charge is 0.345 e. The van der Waals surface area contributed by atoms with Crippen LogP contribution >= 0.6 is 0 Å². The lowest BCUT2D eigenvalue weighted by atomic mass is 9.97. The molecule has 3 aromatic heterocycles. The first-order valence-corrected chi connectivity index (χ1v) is 11.2.